The predicted molar refractivity (Wildman–Crippen MR) is 108 cm³/mol. The number of urea groups is 1. The van der Waals surface area contributed by atoms with Crippen molar-refractivity contribution in [2.45, 2.75) is 38.1 Å². The van der Waals surface area contributed by atoms with E-state index in [2.05, 4.69) is 59.1 Å². The van der Waals surface area contributed by atoms with E-state index in [9.17, 15) is 4.79 Å². The number of nitrogens with one attached hydrogen (secondary N) is 2. The highest BCUT2D eigenvalue weighted by molar-refractivity contribution is 7.10. The zero-order valence-corrected chi connectivity index (χ0v) is 15.9. The van der Waals surface area contributed by atoms with Crippen LogP contribution in [0.4, 0.5) is 4.79 Å². The molecule has 136 valence electrons. The van der Waals surface area contributed by atoms with Crippen LogP contribution in [-0.4, -0.2) is 29.0 Å². The lowest BCUT2D eigenvalue weighted by Gasteiger charge is -2.33. The van der Waals surface area contributed by atoms with Gasteiger partial charge in [0, 0.05) is 35.1 Å². The standard InChI is InChI=1S/C21H25N3OS/c1-2-18(20-8-5-13-26-20)23-21(25)24-11-9-15(10-12-24)17-14-22-19-7-4-3-6-16(17)19/h3-8,13-15,18,22H,2,9-12H2,1H3,(H,23,25). The van der Waals surface area contributed by atoms with Gasteiger partial charge in [0.15, 0.2) is 0 Å². The average Bonchev–Trinajstić information content (AvgIpc) is 3.36. The number of amides is 2. The van der Waals surface area contributed by atoms with Crippen LogP contribution < -0.4 is 5.32 Å². The number of nitrogens with zero attached hydrogens (tertiary/aromatic N) is 1. The van der Waals surface area contributed by atoms with Crippen LogP contribution >= 0.6 is 11.3 Å². The first-order chi connectivity index (χ1) is 12.8. The number of likely N-dealkylation sites (tertiary alicyclic amines) is 1. The number of H-pyrrole nitrogens is 1. The Hall–Kier alpha value is -2.27. The van der Waals surface area contributed by atoms with Crippen molar-refractivity contribution >= 4 is 28.3 Å². The highest BCUT2D eigenvalue weighted by Crippen LogP contribution is 2.33. The second-order valence-electron chi connectivity index (χ2n) is 6.98. The highest BCUT2D eigenvalue weighted by Gasteiger charge is 2.26. The molecule has 5 heteroatoms. The predicted octanol–water partition coefficient (Wildman–Crippen LogP) is 5.27. The fourth-order valence-corrected chi connectivity index (χ4v) is 4.79. The number of hydrogen-bond acceptors (Lipinski definition) is 2. The van der Waals surface area contributed by atoms with Gasteiger partial charge in [-0.3, -0.25) is 0 Å². The van der Waals surface area contributed by atoms with Crippen molar-refractivity contribution in [3.05, 3.63) is 58.4 Å². The molecule has 1 unspecified atom stereocenters. The summed E-state index contributed by atoms with van der Waals surface area (Å²) in [7, 11) is 0. The van der Waals surface area contributed by atoms with Gasteiger partial charge in [-0.2, -0.15) is 0 Å². The fourth-order valence-electron chi connectivity index (χ4n) is 3.93. The second-order valence-corrected chi connectivity index (χ2v) is 7.96. The first-order valence-electron chi connectivity index (χ1n) is 9.41. The van der Waals surface area contributed by atoms with Gasteiger partial charge < -0.3 is 15.2 Å². The molecule has 4 rings (SSSR count). The Bertz CT molecular complexity index is 862. The summed E-state index contributed by atoms with van der Waals surface area (Å²) in [4.78, 5) is 19.3. The van der Waals surface area contributed by atoms with E-state index in [0.717, 1.165) is 32.4 Å². The Morgan fingerprint density at radius 1 is 1.27 bits per heavy atom. The maximum atomic E-state index is 12.7. The topological polar surface area (TPSA) is 48.1 Å². The van der Waals surface area contributed by atoms with Gasteiger partial charge in [0.05, 0.1) is 6.04 Å². The van der Waals surface area contributed by atoms with Crippen LogP contribution in [0.3, 0.4) is 0 Å². The van der Waals surface area contributed by atoms with Gasteiger partial charge in [0.25, 0.3) is 0 Å². The molecule has 2 N–H and O–H groups in total. The minimum Gasteiger partial charge on any atom is -0.361 e. The summed E-state index contributed by atoms with van der Waals surface area (Å²) in [5, 5.41) is 6.59. The Morgan fingerprint density at radius 3 is 2.81 bits per heavy atom. The number of hydrogen-bond donors (Lipinski definition) is 2. The molecule has 2 aromatic heterocycles. The average molecular weight is 368 g/mol. The summed E-state index contributed by atoms with van der Waals surface area (Å²) < 4.78 is 0. The minimum atomic E-state index is 0.0719. The van der Waals surface area contributed by atoms with Crippen molar-refractivity contribution in [3.8, 4) is 0 Å². The van der Waals surface area contributed by atoms with Gasteiger partial charge in [-0.15, -0.1) is 11.3 Å². The zero-order valence-electron chi connectivity index (χ0n) is 15.1. The smallest absolute Gasteiger partial charge is 0.317 e. The Balaban J connectivity index is 1.38. The van der Waals surface area contributed by atoms with E-state index >= 15 is 0 Å². The number of carbonyl (C=O) groups is 1. The third kappa shape index (κ3) is 3.36. The van der Waals surface area contributed by atoms with Crippen LogP contribution in [0, 0.1) is 0 Å². The van der Waals surface area contributed by atoms with E-state index in [1.54, 1.807) is 11.3 Å². The number of carbonyl (C=O) groups excluding carboxylic acids is 1. The van der Waals surface area contributed by atoms with Gasteiger partial charge in [-0.25, -0.2) is 4.79 Å². The van der Waals surface area contributed by atoms with E-state index in [1.807, 2.05) is 11.0 Å². The van der Waals surface area contributed by atoms with Crippen molar-refractivity contribution in [2.24, 2.45) is 0 Å². The van der Waals surface area contributed by atoms with Gasteiger partial charge in [0.2, 0.25) is 0 Å². The maximum absolute atomic E-state index is 12.7. The zero-order chi connectivity index (χ0) is 17.9. The molecule has 0 radical (unpaired) electrons. The number of aromatic amines is 1. The molecule has 0 aliphatic carbocycles. The minimum absolute atomic E-state index is 0.0719. The van der Waals surface area contributed by atoms with Gasteiger partial charge in [-0.1, -0.05) is 31.2 Å². The van der Waals surface area contributed by atoms with Crippen molar-refractivity contribution < 1.29 is 4.79 Å². The second kappa shape index (κ2) is 7.54. The molecule has 1 aromatic carbocycles. The number of fused-ring (bicyclic) bond motifs is 1. The van der Waals surface area contributed by atoms with Crippen molar-refractivity contribution in [1.82, 2.24) is 15.2 Å². The van der Waals surface area contributed by atoms with E-state index in [4.69, 9.17) is 0 Å². The summed E-state index contributed by atoms with van der Waals surface area (Å²) in [5.74, 6) is 0.523. The molecule has 1 saturated heterocycles. The van der Waals surface area contributed by atoms with Crippen LogP contribution in [0.2, 0.25) is 0 Å². The maximum Gasteiger partial charge on any atom is 0.317 e. The molecule has 1 aliphatic rings. The third-order valence-electron chi connectivity index (χ3n) is 5.44. The molecule has 0 saturated carbocycles. The highest BCUT2D eigenvalue weighted by atomic mass is 32.1. The summed E-state index contributed by atoms with van der Waals surface area (Å²) in [6.45, 7) is 3.75. The SMILES string of the molecule is CCC(NC(=O)N1CCC(c2c[nH]c3ccccc23)CC1)c1cccs1. The fraction of sp³-hybridized carbons (Fsp3) is 0.381. The lowest BCUT2D eigenvalue weighted by Crippen LogP contribution is -2.45. The van der Waals surface area contributed by atoms with Crippen LogP contribution in [0.5, 0.6) is 0 Å². The number of thiophene rings is 1. The number of para-hydroxylation sites is 1. The van der Waals surface area contributed by atoms with Gasteiger partial charge in [-0.05, 0) is 48.3 Å². The summed E-state index contributed by atoms with van der Waals surface area (Å²) in [6.07, 6.45) is 5.10. The number of benzene rings is 1. The van der Waals surface area contributed by atoms with Crippen molar-refractivity contribution in [3.63, 3.8) is 0 Å². The van der Waals surface area contributed by atoms with Crippen LogP contribution in [0.15, 0.2) is 48.0 Å². The number of piperidine rings is 1. The van der Waals surface area contributed by atoms with Crippen molar-refractivity contribution in [2.75, 3.05) is 13.1 Å². The van der Waals surface area contributed by atoms with E-state index in [-0.39, 0.29) is 12.1 Å². The largest absolute Gasteiger partial charge is 0.361 e. The molecule has 0 bridgehead atoms. The Kier molecular flexibility index (Phi) is 4.98. The van der Waals surface area contributed by atoms with E-state index < -0.39 is 0 Å². The van der Waals surface area contributed by atoms with E-state index in [0.29, 0.717) is 5.92 Å². The molecule has 0 spiro atoms. The first kappa shape index (κ1) is 17.2. The number of aromatic nitrogens is 1. The number of rotatable bonds is 4. The third-order valence-corrected chi connectivity index (χ3v) is 6.42. The molecular formula is C21H25N3OS. The molecule has 26 heavy (non-hydrogen) atoms. The summed E-state index contributed by atoms with van der Waals surface area (Å²) >= 11 is 1.71. The molecule has 1 aliphatic heterocycles. The molecule has 2 amide bonds. The lowest BCUT2D eigenvalue weighted by atomic mass is 9.89. The Labute approximate surface area is 158 Å². The van der Waals surface area contributed by atoms with Crippen LogP contribution in [0.1, 0.15) is 48.6 Å². The monoisotopic (exact) mass is 367 g/mol. The molecule has 3 aromatic rings. The van der Waals surface area contributed by atoms with Gasteiger partial charge in [0.1, 0.15) is 0 Å². The summed E-state index contributed by atoms with van der Waals surface area (Å²) in [5.41, 5.74) is 2.59. The lowest BCUT2D eigenvalue weighted by molar-refractivity contribution is 0.177. The molecule has 1 atom stereocenters. The molecule has 3 heterocycles. The van der Waals surface area contributed by atoms with Crippen molar-refractivity contribution in [1.29, 1.82) is 0 Å². The van der Waals surface area contributed by atoms with Gasteiger partial charge >= 0.3 is 6.03 Å². The molecule has 4 nitrogen and oxygen atoms in total. The first-order valence-corrected chi connectivity index (χ1v) is 10.3. The summed E-state index contributed by atoms with van der Waals surface area (Å²) in [6, 6.07) is 12.8. The molecular weight excluding hydrogens is 342 g/mol. The normalized spacial score (nSPS) is 16.7. The van der Waals surface area contributed by atoms with Crippen LogP contribution in [-0.2, 0) is 0 Å². The van der Waals surface area contributed by atoms with Crippen LogP contribution in [0.25, 0.3) is 10.9 Å². The quantitative estimate of drug-likeness (QED) is 0.648. The Morgan fingerprint density at radius 2 is 2.08 bits per heavy atom. The molecule has 1 fully saturated rings. The van der Waals surface area contributed by atoms with E-state index in [1.165, 1.54) is 21.3 Å².